The molecule has 4 heteroatoms. The Balaban J connectivity index is 2.68. The molecule has 1 aliphatic carbocycles. The fourth-order valence-electron chi connectivity index (χ4n) is 1.66. The van der Waals surface area contributed by atoms with Gasteiger partial charge in [0.1, 0.15) is 0 Å². The highest BCUT2D eigenvalue weighted by molar-refractivity contribution is 7.80. The molecule has 0 aliphatic heterocycles. The van der Waals surface area contributed by atoms with Gasteiger partial charge in [-0.15, -0.1) is 0 Å². The SMILES string of the molecule is CCCN(CC1CC1)C(=O)C(C)(C)C(N)=S. The van der Waals surface area contributed by atoms with Crippen LogP contribution in [0.1, 0.15) is 40.0 Å². The smallest absolute Gasteiger partial charge is 0.235 e. The fraction of sp³-hybridized carbons (Fsp3) is 0.833. The van der Waals surface area contributed by atoms with E-state index in [-0.39, 0.29) is 10.9 Å². The molecule has 2 N–H and O–H groups in total. The zero-order valence-corrected chi connectivity index (χ0v) is 11.3. The van der Waals surface area contributed by atoms with Crippen molar-refractivity contribution >= 4 is 23.1 Å². The molecule has 1 amide bonds. The Morgan fingerprint density at radius 2 is 2.06 bits per heavy atom. The van der Waals surface area contributed by atoms with Crippen molar-refractivity contribution in [3.63, 3.8) is 0 Å². The van der Waals surface area contributed by atoms with Crippen LogP contribution in [0.5, 0.6) is 0 Å². The van der Waals surface area contributed by atoms with Crippen molar-refractivity contribution in [3.05, 3.63) is 0 Å². The third-order valence-corrected chi connectivity index (χ3v) is 3.62. The van der Waals surface area contributed by atoms with Crippen LogP contribution >= 0.6 is 12.2 Å². The van der Waals surface area contributed by atoms with E-state index < -0.39 is 5.41 Å². The van der Waals surface area contributed by atoms with Gasteiger partial charge in [0, 0.05) is 13.1 Å². The molecule has 1 fully saturated rings. The normalized spacial score (nSPS) is 15.9. The molecule has 92 valence electrons. The summed E-state index contributed by atoms with van der Waals surface area (Å²) in [6.45, 7) is 7.39. The topological polar surface area (TPSA) is 46.3 Å². The molecule has 0 unspecified atom stereocenters. The number of hydrogen-bond acceptors (Lipinski definition) is 2. The fourth-order valence-corrected chi connectivity index (χ4v) is 1.75. The summed E-state index contributed by atoms with van der Waals surface area (Å²) in [5, 5.41) is 0. The van der Waals surface area contributed by atoms with E-state index in [9.17, 15) is 4.79 Å². The van der Waals surface area contributed by atoms with Gasteiger partial charge < -0.3 is 10.6 Å². The van der Waals surface area contributed by atoms with Gasteiger partial charge in [-0.05, 0) is 39.0 Å². The van der Waals surface area contributed by atoms with Crippen molar-refractivity contribution in [2.75, 3.05) is 13.1 Å². The van der Waals surface area contributed by atoms with Crippen LogP contribution in [-0.4, -0.2) is 28.9 Å². The van der Waals surface area contributed by atoms with Crippen LogP contribution in [0.3, 0.4) is 0 Å². The molecule has 0 atom stereocenters. The predicted octanol–water partition coefficient (Wildman–Crippen LogP) is 1.95. The molecule has 0 saturated heterocycles. The molecule has 1 saturated carbocycles. The van der Waals surface area contributed by atoms with Crippen molar-refractivity contribution in [1.29, 1.82) is 0 Å². The van der Waals surface area contributed by atoms with Gasteiger partial charge in [0.2, 0.25) is 5.91 Å². The summed E-state index contributed by atoms with van der Waals surface area (Å²) in [7, 11) is 0. The average molecular weight is 242 g/mol. The maximum absolute atomic E-state index is 12.3. The minimum absolute atomic E-state index is 0.0775. The van der Waals surface area contributed by atoms with E-state index in [4.69, 9.17) is 18.0 Å². The van der Waals surface area contributed by atoms with E-state index in [2.05, 4.69) is 6.92 Å². The Labute approximate surface area is 103 Å². The summed E-state index contributed by atoms with van der Waals surface area (Å²) in [6.07, 6.45) is 3.48. The van der Waals surface area contributed by atoms with Crippen LogP contribution < -0.4 is 5.73 Å². The number of thiocarbonyl (C=S) groups is 1. The van der Waals surface area contributed by atoms with Crippen molar-refractivity contribution in [2.45, 2.75) is 40.0 Å². The molecule has 0 heterocycles. The molecule has 0 bridgehead atoms. The van der Waals surface area contributed by atoms with Crippen molar-refractivity contribution < 1.29 is 4.79 Å². The predicted molar refractivity (Wildman–Crippen MR) is 70.2 cm³/mol. The molecular formula is C12H22N2OS. The van der Waals surface area contributed by atoms with Crippen LogP contribution in [-0.2, 0) is 4.79 Å². The van der Waals surface area contributed by atoms with Crippen LogP contribution in [0.2, 0.25) is 0 Å². The lowest BCUT2D eigenvalue weighted by atomic mass is 9.91. The second-order valence-corrected chi connectivity index (χ2v) is 5.62. The quantitative estimate of drug-likeness (QED) is 0.724. The largest absolute Gasteiger partial charge is 0.392 e. The lowest BCUT2D eigenvalue weighted by Gasteiger charge is -2.31. The van der Waals surface area contributed by atoms with Crippen molar-refractivity contribution in [1.82, 2.24) is 4.90 Å². The second kappa shape index (κ2) is 5.13. The summed E-state index contributed by atoms with van der Waals surface area (Å²) >= 11 is 4.97. The molecule has 1 rings (SSSR count). The third kappa shape index (κ3) is 3.17. The first-order valence-corrected chi connectivity index (χ1v) is 6.39. The lowest BCUT2D eigenvalue weighted by molar-refractivity contribution is -0.137. The zero-order valence-electron chi connectivity index (χ0n) is 10.5. The molecule has 1 aliphatic rings. The Bertz CT molecular complexity index is 285. The summed E-state index contributed by atoms with van der Waals surface area (Å²) < 4.78 is 0. The highest BCUT2D eigenvalue weighted by Crippen LogP contribution is 2.31. The summed E-state index contributed by atoms with van der Waals surface area (Å²) in [4.78, 5) is 14.5. The van der Waals surface area contributed by atoms with Crippen LogP contribution in [0, 0.1) is 11.3 Å². The van der Waals surface area contributed by atoms with Gasteiger partial charge in [-0.25, -0.2) is 0 Å². The van der Waals surface area contributed by atoms with Crippen LogP contribution in [0.25, 0.3) is 0 Å². The number of nitrogens with two attached hydrogens (primary N) is 1. The number of rotatable bonds is 6. The molecule has 0 spiro atoms. The van der Waals surface area contributed by atoms with E-state index >= 15 is 0 Å². The Hall–Kier alpha value is -0.640. The molecular weight excluding hydrogens is 220 g/mol. The molecule has 3 nitrogen and oxygen atoms in total. The maximum atomic E-state index is 12.3. The molecule has 0 aromatic rings. The maximum Gasteiger partial charge on any atom is 0.235 e. The van der Waals surface area contributed by atoms with Gasteiger partial charge in [-0.2, -0.15) is 0 Å². The number of carbonyl (C=O) groups excluding carboxylic acids is 1. The first-order chi connectivity index (χ1) is 7.39. The highest BCUT2D eigenvalue weighted by atomic mass is 32.1. The summed E-state index contributed by atoms with van der Waals surface area (Å²) in [5.41, 5.74) is 4.93. The van der Waals surface area contributed by atoms with Crippen molar-refractivity contribution in [3.8, 4) is 0 Å². The van der Waals surface area contributed by atoms with Gasteiger partial charge in [-0.3, -0.25) is 4.79 Å². The first kappa shape index (κ1) is 13.4. The molecule has 0 aromatic heterocycles. The number of nitrogens with zero attached hydrogens (tertiary/aromatic N) is 1. The van der Waals surface area contributed by atoms with Gasteiger partial charge in [-0.1, -0.05) is 19.1 Å². The van der Waals surface area contributed by atoms with E-state index in [0.717, 1.165) is 19.5 Å². The first-order valence-electron chi connectivity index (χ1n) is 5.98. The summed E-state index contributed by atoms with van der Waals surface area (Å²) in [6, 6.07) is 0. The van der Waals surface area contributed by atoms with E-state index in [1.165, 1.54) is 12.8 Å². The Kier molecular flexibility index (Phi) is 4.30. The highest BCUT2D eigenvalue weighted by Gasteiger charge is 2.36. The minimum Gasteiger partial charge on any atom is -0.392 e. The van der Waals surface area contributed by atoms with E-state index in [1.807, 2.05) is 18.7 Å². The van der Waals surface area contributed by atoms with Crippen LogP contribution in [0.4, 0.5) is 0 Å². The molecule has 16 heavy (non-hydrogen) atoms. The number of carbonyl (C=O) groups is 1. The third-order valence-electron chi connectivity index (χ3n) is 3.11. The number of hydrogen-bond donors (Lipinski definition) is 1. The van der Waals surface area contributed by atoms with Gasteiger partial charge in [0.15, 0.2) is 0 Å². The van der Waals surface area contributed by atoms with Crippen molar-refractivity contribution in [2.24, 2.45) is 17.1 Å². The number of amides is 1. The summed E-state index contributed by atoms with van der Waals surface area (Å²) in [5.74, 6) is 0.784. The Morgan fingerprint density at radius 1 is 1.50 bits per heavy atom. The van der Waals surface area contributed by atoms with Gasteiger partial charge in [0.25, 0.3) is 0 Å². The minimum atomic E-state index is -0.709. The zero-order chi connectivity index (χ0) is 12.3. The van der Waals surface area contributed by atoms with Crippen LogP contribution in [0.15, 0.2) is 0 Å². The lowest BCUT2D eigenvalue weighted by Crippen LogP contribution is -2.48. The monoisotopic (exact) mass is 242 g/mol. The van der Waals surface area contributed by atoms with E-state index in [0.29, 0.717) is 5.92 Å². The van der Waals surface area contributed by atoms with Gasteiger partial charge in [0.05, 0.1) is 10.4 Å². The molecule has 0 radical (unpaired) electrons. The standard InChI is InChI=1S/C12H22N2OS/c1-4-7-14(8-9-5-6-9)11(15)12(2,3)10(13)16/h9H,4-8H2,1-3H3,(H2,13,16). The second-order valence-electron chi connectivity index (χ2n) is 5.18. The van der Waals surface area contributed by atoms with Gasteiger partial charge >= 0.3 is 0 Å². The average Bonchev–Trinajstić information content (AvgIpc) is 2.99. The Morgan fingerprint density at radius 3 is 2.44 bits per heavy atom. The van der Waals surface area contributed by atoms with E-state index in [1.54, 1.807) is 0 Å². The molecule has 0 aromatic carbocycles.